The summed E-state index contributed by atoms with van der Waals surface area (Å²) in [6.07, 6.45) is 6.73. The molecule has 0 aromatic carbocycles. The van der Waals surface area contributed by atoms with Gasteiger partial charge in [-0.3, -0.25) is 0 Å². The highest BCUT2D eigenvalue weighted by atomic mass is 16.4. The van der Waals surface area contributed by atoms with Crippen molar-refractivity contribution in [2.24, 2.45) is 11.3 Å². The van der Waals surface area contributed by atoms with Gasteiger partial charge in [0.2, 0.25) is 0 Å². The molecular formula is C13H20O2. The first-order valence-electron chi connectivity index (χ1n) is 6.01. The number of allylic oxidation sites excluding steroid dienone is 1. The van der Waals surface area contributed by atoms with Crippen molar-refractivity contribution in [2.45, 2.75) is 52.4 Å². The van der Waals surface area contributed by atoms with Crippen LogP contribution in [0, 0.1) is 11.3 Å². The third-order valence-corrected chi connectivity index (χ3v) is 4.52. The highest BCUT2D eigenvalue weighted by Crippen LogP contribution is 2.55. The molecule has 2 unspecified atom stereocenters. The SMILES string of the molecule is CC1=C(C(=O)O)C2(CCC1)CCCC2C. The topological polar surface area (TPSA) is 37.3 Å². The zero-order valence-corrected chi connectivity index (χ0v) is 9.68. The summed E-state index contributed by atoms with van der Waals surface area (Å²) in [6.45, 7) is 4.24. The first-order valence-corrected chi connectivity index (χ1v) is 6.01. The lowest BCUT2D eigenvalue weighted by Crippen LogP contribution is -2.33. The second-order valence-corrected chi connectivity index (χ2v) is 5.26. The lowest BCUT2D eigenvalue weighted by atomic mass is 9.64. The third kappa shape index (κ3) is 1.51. The molecule has 2 nitrogen and oxygen atoms in total. The summed E-state index contributed by atoms with van der Waals surface area (Å²) in [5.41, 5.74) is 1.91. The lowest BCUT2D eigenvalue weighted by Gasteiger charge is -2.39. The number of hydrogen-bond donors (Lipinski definition) is 1. The minimum Gasteiger partial charge on any atom is -0.478 e. The van der Waals surface area contributed by atoms with Crippen molar-refractivity contribution in [3.8, 4) is 0 Å². The van der Waals surface area contributed by atoms with E-state index in [0.29, 0.717) is 5.92 Å². The van der Waals surface area contributed by atoms with E-state index in [2.05, 4.69) is 6.92 Å². The molecule has 0 heterocycles. The molecule has 0 aromatic heterocycles. The van der Waals surface area contributed by atoms with Crippen molar-refractivity contribution < 1.29 is 9.90 Å². The quantitative estimate of drug-likeness (QED) is 0.717. The van der Waals surface area contributed by atoms with Crippen molar-refractivity contribution >= 4 is 5.97 Å². The van der Waals surface area contributed by atoms with Crippen LogP contribution in [0.15, 0.2) is 11.1 Å². The maximum Gasteiger partial charge on any atom is 0.332 e. The molecule has 2 aliphatic carbocycles. The molecule has 1 fully saturated rings. The van der Waals surface area contributed by atoms with Crippen molar-refractivity contribution in [2.75, 3.05) is 0 Å². The molecule has 2 atom stereocenters. The van der Waals surface area contributed by atoms with Gasteiger partial charge in [-0.1, -0.05) is 18.9 Å². The average molecular weight is 208 g/mol. The molecule has 2 heteroatoms. The Kier molecular flexibility index (Phi) is 2.61. The maximum atomic E-state index is 11.4. The van der Waals surface area contributed by atoms with E-state index in [4.69, 9.17) is 0 Å². The van der Waals surface area contributed by atoms with Gasteiger partial charge >= 0.3 is 5.97 Å². The van der Waals surface area contributed by atoms with Gasteiger partial charge in [-0.25, -0.2) is 4.79 Å². The zero-order chi connectivity index (χ0) is 11.1. The summed E-state index contributed by atoms with van der Waals surface area (Å²) >= 11 is 0. The number of carbonyl (C=O) groups is 1. The van der Waals surface area contributed by atoms with Crippen molar-refractivity contribution in [1.82, 2.24) is 0 Å². The molecule has 84 valence electrons. The summed E-state index contributed by atoms with van der Waals surface area (Å²) in [7, 11) is 0. The fraction of sp³-hybridized carbons (Fsp3) is 0.769. The minimum absolute atomic E-state index is 0.0220. The molecule has 0 saturated heterocycles. The predicted octanol–water partition coefficient (Wildman–Crippen LogP) is 3.38. The standard InChI is InChI=1S/C13H20O2/c1-9-5-3-7-13(11(9)12(14)15)8-4-6-10(13)2/h10H,3-8H2,1-2H3,(H,14,15). The molecule has 15 heavy (non-hydrogen) atoms. The van der Waals surface area contributed by atoms with Crippen molar-refractivity contribution in [3.05, 3.63) is 11.1 Å². The summed E-state index contributed by atoms with van der Waals surface area (Å²) in [5.74, 6) is -0.111. The van der Waals surface area contributed by atoms with Gasteiger partial charge in [0.15, 0.2) is 0 Å². The predicted molar refractivity (Wildman–Crippen MR) is 59.6 cm³/mol. The summed E-state index contributed by atoms with van der Waals surface area (Å²) < 4.78 is 0. The highest BCUT2D eigenvalue weighted by Gasteiger charge is 2.47. The Morgan fingerprint density at radius 2 is 2.07 bits per heavy atom. The first-order chi connectivity index (χ1) is 7.08. The number of hydrogen-bond acceptors (Lipinski definition) is 1. The number of rotatable bonds is 1. The van der Waals surface area contributed by atoms with Crippen LogP contribution >= 0.6 is 0 Å². The molecule has 0 bridgehead atoms. The van der Waals surface area contributed by atoms with Crippen LogP contribution in [-0.2, 0) is 4.79 Å². The molecule has 1 saturated carbocycles. The zero-order valence-electron chi connectivity index (χ0n) is 9.68. The van der Waals surface area contributed by atoms with E-state index in [1.165, 1.54) is 19.3 Å². The van der Waals surface area contributed by atoms with Gasteiger partial charge in [-0.15, -0.1) is 0 Å². The van der Waals surface area contributed by atoms with Crippen LogP contribution in [0.2, 0.25) is 0 Å². The number of carboxylic acids is 1. The summed E-state index contributed by atoms with van der Waals surface area (Å²) in [6, 6.07) is 0. The molecular weight excluding hydrogens is 188 g/mol. The van der Waals surface area contributed by atoms with Gasteiger partial charge in [0, 0.05) is 11.0 Å². The van der Waals surface area contributed by atoms with E-state index < -0.39 is 5.97 Å². The van der Waals surface area contributed by atoms with E-state index in [-0.39, 0.29) is 5.41 Å². The molecule has 0 radical (unpaired) electrons. The molecule has 0 amide bonds. The Hall–Kier alpha value is -0.790. The highest BCUT2D eigenvalue weighted by molar-refractivity contribution is 5.89. The third-order valence-electron chi connectivity index (χ3n) is 4.52. The van der Waals surface area contributed by atoms with E-state index in [1.807, 2.05) is 6.92 Å². The molecule has 2 rings (SSSR count). The van der Waals surface area contributed by atoms with Crippen LogP contribution in [0.3, 0.4) is 0 Å². The lowest BCUT2D eigenvalue weighted by molar-refractivity contribution is -0.134. The van der Waals surface area contributed by atoms with E-state index in [0.717, 1.165) is 30.4 Å². The monoisotopic (exact) mass is 208 g/mol. The van der Waals surface area contributed by atoms with Crippen LogP contribution in [0.5, 0.6) is 0 Å². The fourth-order valence-electron chi connectivity index (χ4n) is 3.73. The van der Waals surface area contributed by atoms with Crippen LogP contribution in [0.4, 0.5) is 0 Å². The van der Waals surface area contributed by atoms with Crippen LogP contribution in [0.1, 0.15) is 52.4 Å². The maximum absolute atomic E-state index is 11.4. The average Bonchev–Trinajstić information content (AvgIpc) is 2.48. The normalized spacial score (nSPS) is 36.3. The second-order valence-electron chi connectivity index (χ2n) is 5.26. The molecule has 0 aliphatic heterocycles. The van der Waals surface area contributed by atoms with Crippen molar-refractivity contribution in [1.29, 1.82) is 0 Å². The minimum atomic E-state index is -0.666. The Morgan fingerprint density at radius 1 is 1.40 bits per heavy atom. The van der Waals surface area contributed by atoms with Crippen LogP contribution in [-0.4, -0.2) is 11.1 Å². The molecule has 1 N–H and O–H groups in total. The first kappa shape index (κ1) is 10.7. The van der Waals surface area contributed by atoms with Gasteiger partial charge in [-0.2, -0.15) is 0 Å². The summed E-state index contributed by atoms with van der Waals surface area (Å²) in [5, 5.41) is 9.39. The number of aliphatic carboxylic acids is 1. The van der Waals surface area contributed by atoms with Crippen LogP contribution in [0.25, 0.3) is 0 Å². The number of carboxylic acid groups (broad SMARTS) is 1. The van der Waals surface area contributed by atoms with E-state index in [1.54, 1.807) is 0 Å². The van der Waals surface area contributed by atoms with E-state index >= 15 is 0 Å². The van der Waals surface area contributed by atoms with Gasteiger partial charge in [0.05, 0.1) is 0 Å². The van der Waals surface area contributed by atoms with Gasteiger partial charge in [0.25, 0.3) is 0 Å². The largest absolute Gasteiger partial charge is 0.478 e. The summed E-state index contributed by atoms with van der Waals surface area (Å²) in [4.78, 5) is 11.4. The molecule has 0 aromatic rings. The fourth-order valence-corrected chi connectivity index (χ4v) is 3.73. The Bertz CT molecular complexity index is 316. The Balaban J connectivity index is 2.46. The van der Waals surface area contributed by atoms with Crippen LogP contribution < -0.4 is 0 Å². The van der Waals surface area contributed by atoms with Gasteiger partial charge in [-0.05, 0) is 44.9 Å². The Labute approximate surface area is 91.4 Å². The van der Waals surface area contributed by atoms with Gasteiger partial charge < -0.3 is 5.11 Å². The van der Waals surface area contributed by atoms with Gasteiger partial charge in [0.1, 0.15) is 0 Å². The van der Waals surface area contributed by atoms with E-state index in [9.17, 15) is 9.90 Å². The second kappa shape index (κ2) is 3.66. The smallest absolute Gasteiger partial charge is 0.332 e. The molecule has 1 spiro atoms. The van der Waals surface area contributed by atoms with Crippen molar-refractivity contribution in [3.63, 3.8) is 0 Å². The Morgan fingerprint density at radius 3 is 2.60 bits per heavy atom. The molecule has 2 aliphatic rings.